The Bertz CT molecular complexity index is 1310. The molecule has 34 heavy (non-hydrogen) atoms. The Labute approximate surface area is 211 Å². The third-order valence-electron chi connectivity index (χ3n) is 4.62. The van der Waals surface area contributed by atoms with Crippen molar-refractivity contribution in [3.05, 3.63) is 92.4 Å². The molecule has 3 aromatic rings. The molecule has 0 aliphatic carbocycles. The Morgan fingerprint density at radius 3 is 2.53 bits per heavy atom. The molecule has 0 heterocycles. The van der Waals surface area contributed by atoms with E-state index in [4.69, 9.17) is 21.1 Å². The summed E-state index contributed by atoms with van der Waals surface area (Å²) in [5.41, 5.74) is 2.28. The lowest BCUT2D eigenvalue weighted by Gasteiger charge is -2.15. The molecule has 3 rings (SSSR count). The highest BCUT2D eigenvalue weighted by Crippen LogP contribution is 2.38. The van der Waals surface area contributed by atoms with Gasteiger partial charge in [-0.2, -0.15) is 10.5 Å². The first-order chi connectivity index (χ1) is 16.4. The SMILES string of the molecule is CCOc1cc(/C=C(\C#N)C(=O)Nc2ccc(Cl)cc2)cc(Br)c1OCc1ccccc1C#N. The van der Waals surface area contributed by atoms with Gasteiger partial charge in [0.2, 0.25) is 0 Å². The standard InChI is InChI=1S/C26H19BrClN3O3/c1-2-33-24-13-17(11-20(15-30)26(32)31-22-9-7-21(28)8-10-22)12-23(27)25(24)34-16-19-6-4-3-5-18(19)14-29/h3-13H,2,16H2,1H3,(H,31,32)/b20-11+. The van der Waals surface area contributed by atoms with E-state index in [1.54, 1.807) is 48.5 Å². The van der Waals surface area contributed by atoms with Gasteiger partial charge >= 0.3 is 0 Å². The van der Waals surface area contributed by atoms with Gasteiger partial charge in [-0.25, -0.2) is 0 Å². The van der Waals surface area contributed by atoms with Crippen molar-refractivity contribution in [2.75, 3.05) is 11.9 Å². The highest BCUT2D eigenvalue weighted by Gasteiger charge is 2.15. The maximum absolute atomic E-state index is 12.6. The molecule has 3 aromatic carbocycles. The molecule has 1 N–H and O–H groups in total. The zero-order valence-corrected chi connectivity index (χ0v) is 20.5. The number of anilines is 1. The largest absolute Gasteiger partial charge is 0.490 e. The van der Waals surface area contributed by atoms with Gasteiger partial charge in [-0.05, 0) is 77.0 Å². The summed E-state index contributed by atoms with van der Waals surface area (Å²) in [5, 5.41) is 22.0. The number of amides is 1. The molecule has 0 spiro atoms. The van der Waals surface area contributed by atoms with E-state index >= 15 is 0 Å². The van der Waals surface area contributed by atoms with Crippen LogP contribution in [0.4, 0.5) is 5.69 Å². The molecule has 0 saturated carbocycles. The van der Waals surface area contributed by atoms with Gasteiger partial charge in [0, 0.05) is 16.3 Å². The van der Waals surface area contributed by atoms with Crippen molar-refractivity contribution in [3.63, 3.8) is 0 Å². The molecular formula is C26H19BrClN3O3. The Kier molecular flexibility index (Phi) is 8.70. The lowest BCUT2D eigenvalue weighted by Crippen LogP contribution is -2.13. The Hall–Kier alpha value is -3.78. The lowest BCUT2D eigenvalue weighted by molar-refractivity contribution is -0.112. The van der Waals surface area contributed by atoms with E-state index in [1.807, 2.05) is 25.1 Å². The zero-order chi connectivity index (χ0) is 24.5. The first-order valence-electron chi connectivity index (χ1n) is 10.2. The molecular weight excluding hydrogens is 518 g/mol. The van der Waals surface area contributed by atoms with Crippen molar-refractivity contribution in [1.82, 2.24) is 0 Å². The molecule has 1 amide bonds. The predicted molar refractivity (Wildman–Crippen MR) is 134 cm³/mol. The molecule has 0 atom stereocenters. The number of carbonyl (C=O) groups is 1. The van der Waals surface area contributed by atoms with Crippen molar-refractivity contribution in [3.8, 4) is 23.6 Å². The normalized spacial score (nSPS) is 10.7. The van der Waals surface area contributed by atoms with Gasteiger partial charge in [-0.15, -0.1) is 0 Å². The number of nitrogens with zero attached hydrogens (tertiary/aromatic N) is 2. The quantitative estimate of drug-likeness (QED) is 0.262. The molecule has 0 fully saturated rings. The highest BCUT2D eigenvalue weighted by atomic mass is 79.9. The summed E-state index contributed by atoms with van der Waals surface area (Å²) in [6, 6.07) is 21.3. The van der Waals surface area contributed by atoms with Gasteiger partial charge in [0.15, 0.2) is 11.5 Å². The van der Waals surface area contributed by atoms with Gasteiger partial charge in [-0.1, -0.05) is 29.8 Å². The van der Waals surface area contributed by atoms with E-state index in [0.29, 0.717) is 44.4 Å². The Balaban J connectivity index is 1.86. The molecule has 6 nitrogen and oxygen atoms in total. The first-order valence-corrected chi connectivity index (χ1v) is 11.4. The van der Waals surface area contributed by atoms with Crippen LogP contribution in [0.15, 0.2) is 70.7 Å². The minimum atomic E-state index is -0.549. The van der Waals surface area contributed by atoms with Crippen molar-refractivity contribution in [2.24, 2.45) is 0 Å². The molecule has 0 bridgehead atoms. The first kappa shape index (κ1) is 24.9. The predicted octanol–water partition coefficient (Wildman–Crippen LogP) is 6.50. The number of benzene rings is 3. The number of nitrogens with one attached hydrogen (secondary N) is 1. The average Bonchev–Trinajstić information content (AvgIpc) is 2.83. The summed E-state index contributed by atoms with van der Waals surface area (Å²) in [7, 11) is 0. The van der Waals surface area contributed by atoms with Crippen LogP contribution >= 0.6 is 27.5 Å². The topological polar surface area (TPSA) is 95.1 Å². The van der Waals surface area contributed by atoms with Crippen LogP contribution in [0.3, 0.4) is 0 Å². The fourth-order valence-electron chi connectivity index (χ4n) is 3.03. The van der Waals surface area contributed by atoms with E-state index in [1.165, 1.54) is 6.08 Å². The summed E-state index contributed by atoms with van der Waals surface area (Å²) in [4.78, 5) is 12.6. The molecule has 8 heteroatoms. The minimum Gasteiger partial charge on any atom is -0.490 e. The van der Waals surface area contributed by atoms with Crippen molar-refractivity contribution >= 4 is 45.2 Å². The molecule has 170 valence electrons. The number of halogens is 2. The number of ether oxygens (including phenoxy) is 2. The average molecular weight is 537 g/mol. The maximum atomic E-state index is 12.6. The van der Waals surface area contributed by atoms with Gasteiger partial charge in [-0.3, -0.25) is 4.79 Å². The zero-order valence-electron chi connectivity index (χ0n) is 18.1. The minimum absolute atomic E-state index is 0.0825. The number of rotatable bonds is 8. The monoisotopic (exact) mass is 535 g/mol. The van der Waals surface area contributed by atoms with Crippen LogP contribution in [0.5, 0.6) is 11.5 Å². The second kappa shape index (κ2) is 11.9. The number of carbonyl (C=O) groups excluding carboxylic acids is 1. The smallest absolute Gasteiger partial charge is 0.266 e. The van der Waals surface area contributed by atoms with Crippen LogP contribution in [0.1, 0.15) is 23.6 Å². The van der Waals surface area contributed by atoms with Crippen LogP contribution < -0.4 is 14.8 Å². The molecule has 0 unspecified atom stereocenters. The van der Waals surface area contributed by atoms with Gasteiger partial charge in [0.05, 0.1) is 22.7 Å². The number of hydrogen-bond donors (Lipinski definition) is 1. The van der Waals surface area contributed by atoms with Crippen molar-refractivity contribution in [1.29, 1.82) is 10.5 Å². The summed E-state index contributed by atoms with van der Waals surface area (Å²) in [6.07, 6.45) is 1.47. The Morgan fingerprint density at radius 2 is 1.85 bits per heavy atom. The second-order valence-corrected chi connectivity index (χ2v) is 8.24. The summed E-state index contributed by atoms with van der Waals surface area (Å²) in [5.74, 6) is 0.344. The van der Waals surface area contributed by atoms with Gasteiger partial charge in [0.1, 0.15) is 18.2 Å². The van der Waals surface area contributed by atoms with E-state index < -0.39 is 5.91 Å². The molecule has 0 aliphatic heterocycles. The van der Waals surface area contributed by atoms with Crippen LogP contribution in [0, 0.1) is 22.7 Å². The van der Waals surface area contributed by atoms with E-state index in [2.05, 4.69) is 27.3 Å². The number of nitriles is 2. The van der Waals surface area contributed by atoms with Crippen LogP contribution in [-0.4, -0.2) is 12.5 Å². The maximum Gasteiger partial charge on any atom is 0.266 e. The van der Waals surface area contributed by atoms with E-state index in [0.717, 1.165) is 5.56 Å². The summed E-state index contributed by atoms with van der Waals surface area (Å²) >= 11 is 9.36. The van der Waals surface area contributed by atoms with E-state index in [9.17, 15) is 15.3 Å². The third-order valence-corrected chi connectivity index (χ3v) is 5.46. The van der Waals surface area contributed by atoms with Gasteiger partial charge in [0.25, 0.3) is 5.91 Å². The highest BCUT2D eigenvalue weighted by molar-refractivity contribution is 9.10. The fourth-order valence-corrected chi connectivity index (χ4v) is 3.73. The van der Waals surface area contributed by atoms with Crippen molar-refractivity contribution < 1.29 is 14.3 Å². The molecule has 0 saturated heterocycles. The van der Waals surface area contributed by atoms with Crippen LogP contribution in [-0.2, 0) is 11.4 Å². The van der Waals surface area contributed by atoms with Gasteiger partial charge < -0.3 is 14.8 Å². The third kappa shape index (κ3) is 6.39. The van der Waals surface area contributed by atoms with E-state index in [-0.39, 0.29) is 12.2 Å². The van der Waals surface area contributed by atoms with Crippen molar-refractivity contribution in [2.45, 2.75) is 13.5 Å². The molecule has 0 aliphatic rings. The second-order valence-electron chi connectivity index (χ2n) is 6.95. The summed E-state index contributed by atoms with van der Waals surface area (Å²) in [6.45, 7) is 2.39. The molecule has 0 aromatic heterocycles. The van der Waals surface area contributed by atoms with Crippen LogP contribution in [0.2, 0.25) is 5.02 Å². The lowest BCUT2D eigenvalue weighted by atomic mass is 10.1. The number of hydrogen-bond acceptors (Lipinski definition) is 5. The van der Waals surface area contributed by atoms with Crippen LogP contribution in [0.25, 0.3) is 6.08 Å². The Morgan fingerprint density at radius 1 is 1.12 bits per heavy atom. The fraction of sp³-hybridized carbons (Fsp3) is 0.115. The summed E-state index contributed by atoms with van der Waals surface area (Å²) < 4.78 is 12.3. The molecule has 0 radical (unpaired) electrons.